The molecule has 124 valence electrons. The second-order valence-electron chi connectivity index (χ2n) is 5.23. The number of rotatable bonds is 4. The highest BCUT2D eigenvalue weighted by atomic mass is 35.5. The van der Waals surface area contributed by atoms with Crippen LogP contribution < -0.4 is 5.32 Å². The highest BCUT2D eigenvalue weighted by Crippen LogP contribution is 2.19. The number of nitrogens with zero attached hydrogens (tertiary/aromatic N) is 3. The predicted molar refractivity (Wildman–Crippen MR) is 94.2 cm³/mol. The third-order valence-corrected chi connectivity index (χ3v) is 3.63. The van der Waals surface area contributed by atoms with Crippen LogP contribution in [0, 0.1) is 18.3 Å². The van der Waals surface area contributed by atoms with E-state index in [9.17, 15) is 10.1 Å². The first-order chi connectivity index (χ1) is 12.1. The van der Waals surface area contributed by atoms with Crippen molar-refractivity contribution >= 4 is 29.4 Å². The number of hydrogen-bond donors (Lipinski definition) is 1. The van der Waals surface area contributed by atoms with Crippen LogP contribution in [0.15, 0.2) is 58.8 Å². The molecule has 0 atom stereocenters. The Balaban J connectivity index is 1.90. The van der Waals surface area contributed by atoms with Crippen LogP contribution in [0.4, 0.5) is 5.82 Å². The van der Waals surface area contributed by atoms with Gasteiger partial charge in [0.15, 0.2) is 5.82 Å². The van der Waals surface area contributed by atoms with Crippen LogP contribution in [0.2, 0.25) is 5.02 Å². The van der Waals surface area contributed by atoms with Gasteiger partial charge in [-0.3, -0.25) is 4.79 Å². The number of amides is 1. The van der Waals surface area contributed by atoms with Crippen molar-refractivity contribution in [1.82, 2.24) is 9.72 Å². The van der Waals surface area contributed by atoms with Gasteiger partial charge < -0.3 is 14.4 Å². The van der Waals surface area contributed by atoms with E-state index in [1.807, 2.05) is 35.0 Å². The lowest BCUT2D eigenvalue weighted by atomic mass is 10.2. The van der Waals surface area contributed by atoms with Crippen molar-refractivity contribution in [2.45, 2.75) is 6.92 Å². The third-order valence-electron chi connectivity index (χ3n) is 3.39. The van der Waals surface area contributed by atoms with Crippen molar-refractivity contribution in [3.63, 3.8) is 0 Å². The molecule has 0 aliphatic heterocycles. The zero-order valence-corrected chi connectivity index (χ0v) is 14.0. The number of halogens is 1. The minimum Gasteiger partial charge on any atom is -0.360 e. The molecule has 3 rings (SSSR count). The molecule has 0 aliphatic carbocycles. The number of aromatic nitrogens is 2. The van der Waals surface area contributed by atoms with Gasteiger partial charge in [-0.2, -0.15) is 5.26 Å². The van der Waals surface area contributed by atoms with E-state index in [0.29, 0.717) is 16.5 Å². The minimum atomic E-state index is -0.561. The van der Waals surface area contributed by atoms with Crippen LogP contribution >= 0.6 is 11.6 Å². The summed E-state index contributed by atoms with van der Waals surface area (Å²) in [5.74, 6) is 0.260. The predicted octanol–water partition coefficient (Wildman–Crippen LogP) is 3.97. The summed E-state index contributed by atoms with van der Waals surface area (Å²) in [6.07, 6.45) is 3.33. The lowest BCUT2D eigenvalue weighted by molar-refractivity contribution is -0.112. The summed E-state index contributed by atoms with van der Waals surface area (Å²) in [7, 11) is 0. The average molecular weight is 353 g/mol. The van der Waals surface area contributed by atoms with E-state index in [2.05, 4.69) is 10.5 Å². The molecule has 0 saturated heterocycles. The van der Waals surface area contributed by atoms with Crippen LogP contribution in [-0.4, -0.2) is 15.6 Å². The zero-order valence-electron chi connectivity index (χ0n) is 13.2. The third kappa shape index (κ3) is 3.79. The standard InChI is InChI=1S/C18H13ClN4O2/c1-12-8-17(22-25-12)21-18(24)13(11-20)9-15-6-3-7-23(15)16-5-2-4-14(19)10-16/h2-10H,1H3,(H,21,22,24). The van der Waals surface area contributed by atoms with Crippen molar-refractivity contribution in [2.75, 3.05) is 5.32 Å². The normalized spacial score (nSPS) is 11.2. The molecule has 0 aliphatic rings. The molecule has 7 heteroatoms. The lowest BCUT2D eigenvalue weighted by Crippen LogP contribution is -2.13. The first-order valence-electron chi connectivity index (χ1n) is 7.36. The Morgan fingerprint density at radius 3 is 2.88 bits per heavy atom. The van der Waals surface area contributed by atoms with E-state index in [0.717, 1.165) is 5.69 Å². The van der Waals surface area contributed by atoms with Crippen LogP contribution in [-0.2, 0) is 4.79 Å². The molecular formula is C18H13ClN4O2. The molecule has 25 heavy (non-hydrogen) atoms. The summed E-state index contributed by atoms with van der Waals surface area (Å²) >= 11 is 6.03. The fourth-order valence-corrected chi connectivity index (χ4v) is 2.46. The Labute approximate surface area is 148 Å². The number of aryl methyl sites for hydroxylation is 1. The second kappa shape index (κ2) is 7.07. The average Bonchev–Trinajstić information content (AvgIpc) is 3.21. The van der Waals surface area contributed by atoms with Gasteiger partial charge in [0, 0.05) is 28.7 Å². The molecule has 0 bridgehead atoms. The van der Waals surface area contributed by atoms with Gasteiger partial charge in [0.05, 0.1) is 0 Å². The summed E-state index contributed by atoms with van der Waals surface area (Å²) in [4.78, 5) is 12.3. The monoisotopic (exact) mass is 352 g/mol. The zero-order chi connectivity index (χ0) is 17.8. The SMILES string of the molecule is Cc1cc(NC(=O)C(C#N)=Cc2cccn2-c2cccc(Cl)c2)no1. The van der Waals surface area contributed by atoms with Crippen molar-refractivity contribution in [1.29, 1.82) is 5.26 Å². The number of benzene rings is 1. The summed E-state index contributed by atoms with van der Waals surface area (Å²) in [5.41, 5.74) is 1.45. The van der Waals surface area contributed by atoms with E-state index in [1.54, 1.807) is 31.2 Å². The fourth-order valence-electron chi connectivity index (χ4n) is 2.28. The van der Waals surface area contributed by atoms with Crippen LogP contribution in [0.3, 0.4) is 0 Å². The van der Waals surface area contributed by atoms with Crippen molar-refractivity contribution in [3.8, 4) is 11.8 Å². The maximum absolute atomic E-state index is 12.3. The molecule has 0 unspecified atom stereocenters. The molecule has 1 N–H and O–H groups in total. The molecular weight excluding hydrogens is 340 g/mol. The Morgan fingerprint density at radius 2 is 2.20 bits per heavy atom. The van der Waals surface area contributed by atoms with Crippen molar-refractivity contribution < 1.29 is 9.32 Å². The first kappa shape index (κ1) is 16.6. The van der Waals surface area contributed by atoms with E-state index in [1.165, 1.54) is 6.08 Å². The highest BCUT2D eigenvalue weighted by molar-refractivity contribution is 6.30. The molecule has 3 aromatic rings. The van der Waals surface area contributed by atoms with Crippen LogP contribution in [0.5, 0.6) is 0 Å². The Hall–Kier alpha value is -3.30. The van der Waals surface area contributed by atoms with Gasteiger partial charge in [-0.15, -0.1) is 0 Å². The van der Waals surface area contributed by atoms with E-state index in [-0.39, 0.29) is 11.4 Å². The Morgan fingerprint density at radius 1 is 1.36 bits per heavy atom. The number of carbonyl (C=O) groups excluding carboxylic acids is 1. The number of carbonyl (C=O) groups is 1. The van der Waals surface area contributed by atoms with E-state index >= 15 is 0 Å². The molecule has 2 heterocycles. The van der Waals surface area contributed by atoms with E-state index < -0.39 is 5.91 Å². The smallest absolute Gasteiger partial charge is 0.267 e. The Bertz CT molecular complexity index is 994. The van der Waals surface area contributed by atoms with Gasteiger partial charge >= 0.3 is 0 Å². The largest absolute Gasteiger partial charge is 0.360 e. The van der Waals surface area contributed by atoms with Crippen molar-refractivity contribution in [2.24, 2.45) is 0 Å². The number of anilines is 1. The van der Waals surface area contributed by atoms with Crippen LogP contribution in [0.1, 0.15) is 11.5 Å². The van der Waals surface area contributed by atoms with E-state index in [4.69, 9.17) is 16.1 Å². The van der Waals surface area contributed by atoms with Gasteiger partial charge in [0.25, 0.3) is 5.91 Å². The van der Waals surface area contributed by atoms with Gasteiger partial charge in [0.2, 0.25) is 0 Å². The number of hydrogen-bond acceptors (Lipinski definition) is 4. The highest BCUT2D eigenvalue weighted by Gasteiger charge is 2.13. The molecule has 2 aromatic heterocycles. The summed E-state index contributed by atoms with van der Waals surface area (Å²) in [6, 6.07) is 14.4. The molecule has 1 aromatic carbocycles. The Kier molecular flexibility index (Phi) is 4.68. The maximum atomic E-state index is 12.3. The van der Waals surface area contributed by atoms with Gasteiger partial charge in [-0.25, -0.2) is 0 Å². The summed E-state index contributed by atoms with van der Waals surface area (Å²) in [5, 5.41) is 16.1. The number of nitrogens with one attached hydrogen (secondary N) is 1. The summed E-state index contributed by atoms with van der Waals surface area (Å²) < 4.78 is 6.72. The molecule has 0 fully saturated rings. The van der Waals surface area contributed by atoms with Crippen LogP contribution in [0.25, 0.3) is 11.8 Å². The topological polar surface area (TPSA) is 83.9 Å². The van der Waals surface area contributed by atoms with Crippen molar-refractivity contribution in [3.05, 3.63) is 70.7 Å². The second-order valence-corrected chi connectivity index (χ2v) is 5.67. The molecule has 1 amide bonds. The number of nitriles is 1. The first-order valence-corrected chi connectivity index (χ1v) is 7.74. The quantitative estimate of drug-likeness (QED) is 0.568. The van der Waals surface area contributed by atoms with Gasteiger partial charge in [0.1, 0.15) is 17.4 Å². The molecule has 0 radical (unpaired) electrons. The van der Waals surface area contributed by atoms with Gasteiger partial charge in [-0.05, 0) is 43.3 Å². The van der Waals surface area contributed by atoms with Gasteiger partial charge in [-0.1, -0.05) is 22.8 Å². The molecule has 0 saturated carbocycles. The lowest BCUT2D eigenvalue weighted by Gasteiger charge is -2.07. The minimum absolute atomic E-state index is 0.0531. The summed E-state index contributed by atoms with van der Waals surface area (Å²) in [6.45, 7) is 1.71. The molecule has 6 nitrogen and oxygen atoms in total. The fraction of sp³-hybridized carbons (Fsp3) is 0.0556. The molecule has 0 spiro atoms. The maximum Gasteiger partial charge on any atom is 0.267 e.